The molecule has 0 N–H and O–H groups in total. The average molecular weight is 793 g/mol. The molecule has 1 fully saturated rings. The van der Waals surface area contributed by atoms with Crippen LogP contribution in [-0.2, 0) is 30.0 Å². The minimum absolute atomic E-state index is 0.314. The normalized spacial score (nSPS) is 21.4. The number of rotatable bonds is 6. The summed E-state index contributed by atoms with van der Waals surface area (Å²) in [5.41, 5.74) is 0.0734. The van der Waals surface area contributed by atoms with Crippen LogP contribution in [0.1, 0.15) is 79.0 Å². The number of alkyl halides is 11. The third-order valence-corrected chi connectivity index (χ3v) is 14.6. The van der Waals surface area contributed by atoms with Crippen molar-refractivity contribution in [2.45, 2.75) is 128 Å². The predicted octanol–water partition coefficient (Wildman–Crippen LogP) is 12.0. The van der Waals surface area contributed by atoms with E-state index in [4.69, 9.17) is 3.63 Å². The lowest BCUT2D eigenvalue weighted by Gasteiger charge is -2.52. The van der Waals surface area contributed by atoms with E-state index < -0.39 is 71.3 Å². The Bertz CT molecular complexity index is 1740. The van der Waals surface area contributed by atoms with E-state index >= 15 is 22.0 Å². The summed E-state index contributed by atoms with van der Waals surface area (Å²) in [5.74, 6) is -38.3. The van der Waals surface area contributed by atoms with Gasteiger partial charge in [-0.25, -0.2) is 8.02 Å². The quantitative estimate of drug-likeness (QED) is 0.234. The van der Waals surface area contributed by atoms with E-state index in [9.17, 15) is 34.8 Å². The Hall–Kier alpha value is -2.85. The molecule has 0 heterocycles. The molecule has 0 unspecified atom stereocenters. The molecule has 3 nitrogen and oxygen atoms in total. The fourth-order valence-electron chi connectivity index (χ4n) is 5.65. The van der Waals surface area contributed by atoms with Crippen molar-refractivity contribution in [1.82, 2.24) is 0 Å². The average Bonchev–Trinajstić information content (AvgIpc) is 3.01. The van der Waals surface area contributed by atoms with Gasteiger partial charge in [0.2, 0.25) is 0 Å². The van der Waals surface area contributed by atoms with Crippen LogP contribution in [0.3, 0.4) is 0 Å². The van der Waals surface area contributed by atoms with Gasteiger partial charge < -0.3 is 0 Å². The van der Waals surface area contributed by atoms with Crippen molar-refractivity contribution < 1.29 is 60.3 Å². The lowest BCUT2D eigenvalue weighted by Crippen LogP contribution is -2.85. The van der Waals surface area contributed by atoms with Gasteiger partial charge in [0.25, 0.3) is 0 Å². The molecule has 0 spiro atoms. The second-order valence-electron chi connectivity index (χ2n) is 15.9. The fraction of sp³-hybridized carbons (Fsp3) is 0.500. The number of hydrogen-bond donors (Lipinski definition) is 0. The molecule has 0 radical (unpaired) electrons. The number of benzene rings is 3. The van der Waals surface area contributed by atoms with Crippen molar-refractivity contribution in [1.29, 1.82) is 0 Å². The minimum atomic E-state index is -7.83. The zero-order valence-corrected chi connectivity index (χ0v) is 31.3. The Morgan fingerprint density at radius 2 is 0.615 bits per heavy atom. The van der Waals surface area contributed by atoms with Gasteiger partial charge in [-0.1, -0.05) is 98.7 Å². The smallest absolute Gasteiger partial charge is 0.209 e. The molecular weight excluding hydrogens is 754 g/mol. The van der Waals surface area contributed by atoms with E-state index in [0.717, 1.165) is 0 Å². The molecule has 0 amide bonds. The van der Waals surface area contributed by atoms with E-state index in [-0.39, 0.29) is 14.7 Å². The minimum Gasteiger partial charge on any atom is -0.209 e. The summed E-state index contributed by atoms with van der Waals surface area (Å²) in [4.78, 5) is -0.942. The van der Waals surface area contributed by atoms with Crippen LogP contribution in [0.5, 0.6) is 0 Å². The van der Waals surface area contributed by atoms with E-state index in [1.165, 1.54) is 72.8 Å². The molecular formula is C36H39F11O3S2. The Labute approximate surface area is 297 Å². The molecule has 0 bridgehead atoms. The van der Waals surface area contributed by atoms with E-state index in [1.54, 1.807) is 62.3 Å². The standard InChI is InChI=1S/C36H39F11O3S2/c1-28(2,3)22-10-16-25(17-11-22)51(26-18-12-23(13-19-26)29(4,5)6,27-20-14-24(15-21-27)30(7,8)9)50-52(48,49)36(47)34(43,44)32(39,40)31(37,38)33(41,42)35(36,45)46/h10-21H,1-9H3. The van der Waals surface area contributed by atoms with Crippen LogP contribution in [0.2, 0.25) is 0 Å². The monoisotopic (exact) mass is 792 g/mol. The Kier molecular flexibility index (Phi) is 9.73. The maximum Gasteiger partial charge on any atom is 0.384 e. The summed E-state index contributed by atoms with van der Waals surface area (Å²) in [6.45, 7) is 16.1. The highest BCUT2D eigenvalue weighted by Gasteiger charge is 3.04. The molecule has 1 saturated carbocycles. The van der Waals surface area contributed by atoms with Crippen LogP contribution >= 0.6 is 10.3 Å². The van der Waals surface area contributed by atoms with E-state index in [0.29, 0.717) is 16.7 Å². The van der Waals surface area contributed by atoms with Gasteiger partial charge in [-0.15, -0.1) is 0 Å². The molecule has 3 aromatic rings. The van der Waals surface area contributed by atoms with Gasteiger partial charge in [-0.3, -0.25) is 0 Å². The lowest BCUT2D eigenvalue weighted by atomic mass is 9.81. The van der Waals surface area contributed by atoms with Gasteiger partial charge in [-0.2, -0.15) is 52.3 Å². The van der Waals surface area contributed by atoms with Crippen molar-refractivity contribution >= 4 is 20.4 Å². The molecule has 16 heteroatoms. The molecule has 52 heavy (non-hydrogen) atoms. The highest BCUT2D eigenvalue weighted by Crippen LogP contribution is 2.75. The first-order valence-electron chi connectivity index (χ1n) is 15.8. The van der Waals surface area contributed by atoms with Crippen molar-refractivity contribution in [3.8, 4) is 0 Å². The summed E-state index contributed by atoms with van der Waals surface area (Å²) in [7, 11) is -12.3. The summed E-state index contributed by atoms with van der Waals surface area (Å²) in [6.07, 6.45) is 0. The van der Waals surface area contributed by atoms with Gasteiger partial charge in [0, 0.05) is 14.7 Å². The Morgan fingerprint density at radius 3 is 0.827 bits per heavy atom. The first-order valence-corrected chi connectivity index (χ1v) is 18.7. The zero-order chi connectivity index (χ0) is 40.2. The molecule has 0 aromatic heterocycles. The van der Waals surface area contributed by atoms with Crippen molar-refractivity contribution in [2.75, 3.05) is 0 Å². The van der Waals surface area contributed by atoms with Crippen LogP contribution in [0, 0.1) is 0 Å². The number of hydrogen-bond acceptors (Lipinski definition) is 3. The zero-order valence-electron chi connectivity index (χ0n) is 29.6. The highest BCUT2D eigenvalue weighted by molar-refractivity contribution is 8.33. The van der Waals surface area contributed by atoms with Crippen LogP contribution in [0.4, 0.5) is 48.3 Å². The molecule has 0 aliphatic heterocycles. The second kappa shape index (κ2) is 12.1. The SMILES string of the molecule is CC(C)(C)c1ccc(S(OS(=O)(=O)C2(F)C(F)(F)C(F)(F)C(F)(F)C(F)(F)C2(F)F)(c2ccc(C(C)(C)C)cc2)c2ccc(C(C)(C)C)cc2)cc1. The van der Waals surface area contributed by atoms with Crippen LogP contribution in [0.25, 0.3) is 0 Å². The maximum atomic E-state index is 16.5. The van der Waals surface area contributed by atoms with E-state index in [1.807, 2.05) is 0 Å². The van der Waals surface area contributed by atoms with Gasteiger partial charge in [0.15, 0.2) is 0 Å². The van der Waals surface area contributed by atoms with Crippen LogP contribution in [-0.4, -0.2) is 43.0 Å². The summed E-state index contributed by atoms with van der Waals surface area (Å²) in [5, 5.41) is -7.44. The summed E-state index contributed by atoms with van der Waals surface area (Å²) >= 11 is 0. The molecule has 1 aliphatic carbocycles. The first kappa shape index (κ1) is 41.9. The van der Waals surface area contributed by atoms with Crippen molar-refractivity contribution in [3.63, 3.8) is 0 Å². The van der Waals surface area contributed by atoms with E-state index in [2.05, 4.69) is 0 Å². The first-order chi connectivity index (χ1) is 23.1. The Morgan fingerprint density at radius 1 is 0.404 bits per heavy atom. The topological polar surface area (TPSA) is 43.4 Å². The van der Waals surface area contributed by atoms with Gasteiger partial charge in [-0.05, 0) is 79.6 Å². The van der Waals surface area contributed by atoms with Gasteiger partial charge in [0.05, 0.1) is 0 Å². The third kappa shape index (κ3) is 5.75. The summed E-state index contributed by atoms with van der Waals surface area (Å²) < 4.78 is 198. The molecule has 0 saturated heterocycles. The largest absolute Gasteiger partial charge is 0.384 e. The van der Waals surface area contributed by atoms with Crippen LogP contribution in [0.15, 0.2) is 87.5 Å². The Balaban J connectivity index is 2.19. The lowest BCUT2D eigenvalue weighted by molar-refractivity contribution is -0.470. The summed E-state index contributed by atoms with van der Waals surface area (Å²) in [6, 6.07) is 15.8. The predicted molar refractivity (Wildman–Crippen MR) is 176 cm³/mol. The van der Waals surface area contributed by atoms with Crippen molar-refractivity contribution in [2.24, 2.45) is 0 Å². The molecule has 0 atom stereocenters. The third-order valence-electron chi connectivity index (χ3n) is 9.08. The maximum absolute atomic E-state index is 16.5. The van der Waals surface area contributed by atoms with Gasteiger partial charge in [0.1, 0.15) is 0 Å². The fourth-order valence-corrected chi connectivity index (χ4v) is 11.3. The molecule has 290 valence electrons. The molecule has 4 rings (SSSR count). The van der Waals surface area contributed by atoms with Crippen molar-refractivity contribution in [3.05, 3.63) is 89.5 Å². The van der Waals surface area contributed by atoms with Crippen LogP contribution < -0.4 is 0 Å². The molecule has 3 aromatic carbocycles. The van der Waals surface area contributed by atoms with Gasteiger partial charge >= 0.3 is 44.7 Å². The highest BCUT2D eigenvalue weighted by atomic mass is 32.3. The second-order valence-corrected chi connectivity index (χ2v) is 20.4. The molecule has 1 aliphatic rings. The number of halogens is 11.